The monoisotopic (exact) mass is 392 g/mol. The number of aliphatic hydroxyl groups excluding tert-OH is 2. The molecule has 0 fully saturated rings. The van der Waals surface area contributed by atoms with Gasteiger partial charge in [-0.2, -0.15) is 0 Å². The number of amides is 1. The maximum atomic E-state index is 13.4. The Morgan fingerprint density at radius 2 is 1.86 bits per heavy atom. The summed E-state index contributed by atoms with van der Waals surface area (Å²) in [4.78, 5) is 11.1. The lowest BCUT2D eigenvalue weighted by Gasteiger charge is -2.26. The summed E-state index contributed by atoms with van der Waals surface area (Å²) >= 11 is 0. The lowest BCUT2D eigenvalue weighted by atomic mass is 10.00. The van der Waals surface area contributed by atoms with E-state index >= 15 is 0 Å². The molecule has 28 heavy (non-hydrogen) atoms. The number of aliphatic hydroxyl groups is 2. The van der Waals surface area contributed by atoms with Crippen molar-refractivity contribution in [2.75, 3.05) is 6.54 Å². The summed E-state index contributed by atoms with van der Waals surface area (Å²) in [6.45, 7) is -0.0151. The molecule has 5 N–H and O–H groups in total. The first-order valence-electron chi connectivity index (χ1n) is 8.95. The molecule has 1 aliphatic rings. The highest BCUT2D eigenvalue weighted by atomic mass is 19.1. The van der Waals surface area contributed by atoms with E-state index in [2.05, 4.69) is 10.6 Å². The molecule has 0 saturated heterocycles. The fourth-order valence-corrected chi connectivity index (χ4v) is 3.63. The van der Waals surface area contributed by atoms with Crippen LogP contribution >= 0.6 is 0 Å². The first-order valence-corrected chi connectivity index (χ1v) is 8.95. The molecule has 0 aliphatic heterocycles. The Hall–Kier alpha value is -2.55. The van der Waals surface area contributed by atoms with Gasteiger partial charge in [-0.05, 0) is 35.2 Å². The average molecular weight is 392 g/mol. The molecule has 0 saturated carbocycles. The third-order valence-electron chi connectivity index (χ3n) is 4.90. The standard InChI is InChI=1S/C20H22F2N2O4/c21-13-5-11(6-14(22)9-13)7-16(24-20(27)28)18(26)10-23-19-15-4-2-1-3-12(15)8-17(19)25/h1-6,9,16-19,23-26H,7-8,10H2,(H,27,28)/t16-,17-,18-,19+/m0/s1. The second kappa shape index (κ2) is 8.64. The number of carbonyl (C=O) groups is 1. The van der Waals surface area contributed by atoms with Crippen molar-refractivity contribution in [2.24, 2.45) is 0 Å². The molecule has 3 rings (SSSR count). The van der Waals surface area contributed by atoms with Crippen molar-refractivity contribution in [3.63, 3.8) is 0 Å². The molecule has 1 amide bonds. The van der Waals surface area contributed by atoms with Gasteiger partial charge in [0.15, 0.2) is 0 Å². The summed E-state index contributed by atoms with van der Waals surface area (Å²) in [7, 11) is 0. The summed E-state index contributed by atoms with van der Waals surface area (Å²) in [5.41, 5.74) is 2.16. The maximum absolute atomic E-state index is 13.4. The number of hydrogen-bond donors (Lipinski definition) is 5. The van der Waals surface area contributed by atoms with E-state index in [1.54, 1.807) is 0 Å². The SMILES string of the molecule is O=C(O)N[C@@H](Cc1cc(F)cc(F)c1)[C@@H](O)CN[C@@H]1c2ccccc2C[C@@H]1O. The van der Waals surface area contributed by atoms with Gasteiger partial charge in [0.2, 0.25) is 0 Å². The molecule has 4 atom stereocenters. The van der Waals surface area contributed by atoms with Gasteiger partial charge in [-0.3, -0.25) is 0 Å². The van der Waals surface area contributed by atoms with Gasteiger partial charge in [0.1, 0.15) is 11.6 Å². The molecule has 0 aromatic heterocycles. The Morgan fingerprint density at radius 1 is 1.18 bits per heavy atom. The van der Waals surface area contributed by atoms with Gasteiger partial charge >= 0.3 is 6.09 Å². The van der Waals surface area contributed by atoms with Crippen molar-refractivity contribution >= 4 is 6.09 Å². The van der Waals surface area contributed by atoms with Crippen LogP contribution in [0.5, 0.6) is 0 Å². The molecule has 150 valence electrons. The highest BCUT2D eigenvalue weighted by Crippen LogP contribution is 2.31. The van der Waals surface area contributed by atoms with Gasteiger partial charge in [0.05, 0.1) is 24.3 Å². The summed E-state index contributed by atoms with van der Waals surface area (Å²) in [6, 6.07) is 9.08. The predicted molar refractivity (Wildman–Crippen MR) is 97.9 cm³/mol. The summed E-state index contributed by atoms with van der Waals surface area (Å²) in [6.07, 6.45) is -2.79. The predicted octanol–water partition coefficient (Wildman–Crippen LogP) is 1.75. The van der Waals surface area contributed by atoms with Crippen molar-refractivity contribution in [3.05, 3.63) is 70.8 Å². The number of carboxylic acid groups (broad SMARTS) is 1. The first kappa shape index (κ1) is 20.2. The maximum Gasteiger partial charge on any atom is 0.404 e. The minimum Gasteiger partial charge on any atom is -0.465 e. The van der Waals surface area contributed by atoms with Gasteiger partial charge in [-0.1, -0.05) is 24.3 Å². The van der Waals surface area contributed by atoms with Gasteiger partial charge < -0.3 is 26.0 Å². The number of halogens is 2. The van der Waals surface area contributed by atoms with E-state index in [1.165, 1.54) is 0 Å². The lowest BCUT2D eigenvalue weighted by molar-refractivity contribution is 0.0969. The highest BCUT2D eigenvalue weighted by molar-refractivity contribution is 5.65. The fourth-order valence-electron chi connectivity index (χ4n) is 3.63. The molecule has 0 spiro atoms. The molecule has 8 heteroatoms. The van der Waals surface area contributed by atoms with Crippen LogP contribution < -0.4 is 10.6 Å². The summed E-state index contributed by atoms with van der Waals surface area (Å²) < 4.78 is 26.8. The highest BCUT2D eigenvalue weighted by Gasteiger charge is 2.31. The van der Waals surface area contributed by atoms with E-state index < -0.39 is 36.0 Å². The van der Waals surface area contributed by atoms with Crippen LogP contribution in [0.15, 0.2) is 42.5 Å². The van der Waals surface area contributed by atoms with Crippen molar-refractivity contribution in [1.82, 2.24) is 10.6 Å². The van der Waals surface area contributed by atoms with Crippen molar-refractivity contribution in [3.8, 4) is 0 Å². The van der Waals surface area contributed by atoms with Crippen molar-refractivity contribution in [1.29, 1.82) is 0 Å². The molecule has 0 radical (unpaired) electrons. The zero-order valence-corrected chi connectivity index (χ0v) is 15.0. The molecule has 2 aromatic carbocycles. The molecule has 6 nitrogen and oxygen atoms in total. The number of benzene rings is 2. The first-order chi connectivity index (χ1) is 13.3. The second-order valence-corrected chi connectivity index (χ2v) is 6.96. The van der Waals surface area contributed by atoms with E-state index in [1.807, 2.05) is 24.3 Å². The zero-order chi connectivity index (χ0) is 20.3. The Balaban J connectivity index is 1.68. The van der Waals surface area contributed by atoms with E-state index in [9.17, 15) is 23.8 Å². The number of rotatable bonds is 7. The summed E-state index contributed by atoms with van der Waals surface area (Å²) in [5, 5.41) is 35.1. The Labute approximate surface area is 160 Å². The zero-order valence-electron chi connectivity index (χ0n) is 15.0. The fraction of sp³-hybridized carbons (Fsp3) is 0.350. The molecular weight excluding hydrogens is 370 g/mol. The van der Waals surface area contributed by atoms with Gasteiger partial charge in [0.25, 0.3) is 0 Å². The topological polar surface area (TPSA) is 102 Å². The smallest absolute Gasteiger partial charge is 0.404 e. The molecule has 0 unspecified atom stereocenters. The van der Waals surface area contributed by atoms with Gasteiger partial charge in [0, 0.05) is 19.0 Å². The van der Waals surface area contributed by atoms with E-state index in [-0.39, 0.29) is 24.6 Å². The number of nitrogens with one attached hydrogen (secondary N) is 2. The van der Waals surface area contributed by atoms with E-state index in [4.69, 9.17) is 5.11 Å². The molecule has 1 aliphatic carbocycles. The quantitative estimate of drug-likeness (QED) is 0.494. The lowest BCUT2D eigenvalue weighted by Crippen LogP contribution is -2.49. The third-order valence-corrected chi connectivity index (χ3v) is 4.90. The Bertz CT molecular complexity index is 828. The average Bonchev–Trinajstić information content (AvgIpc) is 2.93. The minimum atomic E-state index is -1.35. The van der Waals surface area contributed by atoms with Crippen LogP contribution in [0.2, 0.25) is 0 Å². The molecule has 0 heterocycles. The van der Waals surface area contributed by atoms with Gasteiger partial charge in [-0.15, -0.1) is 0 Å². The van der Waals surface area contributed by atoms with Crippen LogP contribution in [-0.2, 0) is 12.8 Å². The van der Waals surface area contributed by atoms with Gasteiger partial charge in [-0.25, -0.2) is 13.6 Å². The van der Waals surface area contributed by atoms with Crippen molar-refractivity contribution < 1.29 is 28.9 Å². The molecule has 0 bridgehead atoms. The van der Waals surface area contributed by atoms with Crippen LogP contribution in [0.1, 0.15) is 22.7 Å². The normalized spacial score (nSPS) is 20.4. The minimum absolute atomic E-state index is 0.0151. The van der Waals surface area contributed by atoms with Crippen molar-refractivity contribution in [2.45, 2.75) is 37.1 Å². The Kier molecular flexibility index (Phi) is 6.23. The number of hydrogen-bond acceptors (Lipinski definition) is 4. The van der Waals surface area contributed by atoms with Crippen LogP contribution in [-0.4, -0.2) is 46.2 Å². The summed E-state index contributed by atoms with van der Waals surface area (Å²) in [5.74, 6) is -1.55. The largest absolute Gasteiger partial charge is 0.465 e. The number of fused-ring (bicyclic) bond motifs is 1. The molecule has 2 aromatic rings. The van der Waals surface area contributed by atoms with Crippen LogP contribution in [0.25, 0.3) is 0 Å². The second-order valence-electron chi connectivity index (χ2n) is 6.96. The Morgan fingerprint density at radius 3 is 2.54 bits per heavy atom. The molecular formula is C20H22F2N2O4. The van der Waals surface area contributed by atoms with E-state index in [0.29, 0.717) is 6.42 Å². The van der Waals surface area contributed by atoms with Crippen LogP contribution in [0.4, 0.5) is 13.6 Å². The third kappa shape index (κ3) is 4.83. The van der Waals surface area contributed by atoms with Crippen LogP contribution in [0, 0.1) is 11.6 Å². The van der Waals surface area contributed by atoms with E-state index in [0.717, 1.165) is 29.3 Å². The van der Waals surface area contributed by atoms with Crippen LogP contribution in [0.3, 0.4) is 0 Å².